The number of aliphatic hydroxyl groups is 1. The average Bonchev–Trinajstić information content (AvgIpc) is 2.19. The molecule has 0 aliphatic heterocycles. The second kappa shape index (κ2) is 62.6. The molecule has 0 aliphatic rings. The molecule has 0 saturated heterocycles. The van der Waals surface area contributed by atoms with Crippen molar-refractivity contribution in [3.05, 3.63) is 0 Å². The molecule has 0 aromatic heterocycles. The van der Waals surface area contributed by atoms with Crippen LogP contribution in [0.15, 0.2) is 0 Å². The predicted molar refractivity (Wildman–Crippen MR) is 372 cm³/mol. The molecule has 3 N–H and O–H groups in total. The second-order valence-corrected chi connectivity index (χ2v) is 30.9. The fraction of sp³-hybridized carbons (Fsp3) is 0.945. The number of ether oxygens (including phenoxy) is 4. The summed E-state index contributed by atoms with van der Waals surface area (Å²) >= 11 is 0. The van der Waals surface area contributed by atoms with Crippen molar-refractivity contribution < 1.29 is 80.2 Å². The van der Waals surface area contributed by atoms with E-state index >= 15 is 0 Å². The van der Waals surface area contributed by atoms with Crippen molar-refractivity contribution in [2.45, 2.75) is 382 Å². The molecular weight excluding hydrogens is 1210 g/mol. The summed E-state index contributed by atoms with van der Waals surface area (Å²) < 4.78 is 68.3. The van der Waals surface area contributed by atoms with Crippen LogP contribution in [0.5, 0.6) is 0 Å². The van der Waals surface area contributed by atoms with Crippen molar-refractivity contribution in [2.75, 3.05) is 39.6 Å². The van der Waals surface area contributed by atoms with E-state index in [0.717, 1.165) is 108 Å². The summed E-state index contributed by atoms with van der Waals surface area (Å²) in [5.74, 6) is 0.836. The third kappa shape index (κ3) is 65.4. The van der Waals surface area contributed by atoms with Crippen molar-refractivity contribution >= 4 is 39.5 Å². The van der Waals surface area contributed by atoms with E-state index in [9.17, 15) is 43.2 Å². The molecule has 17 nitrogen and oxygen atoms in total. The monoisotopic (exact) mass is 1350 g/mol. The van der Waals surface area contributed by atoms with Gasteiger partial charge in [0, 0.05) is 25.7 Å². The third-order valence-corrected chi connectivity index (χ3v) is 19.1. The first-order chi connectivity index (χ1) is 44.1. The summed E-state index contributed by atoms with van der Waals surface area (Å²) in [6.45, 7) is 14.1. The van der Waals surface area contributed by atoms with Crippen LogP contribution in [-0.4, -0.2) is 96.7 Å². The Morgan fingerprint density at radius 3 is 0.772 bits per heavy atom. The summed E-state index contributed by atoms with van der Waals surface area (Å²) in [6.07, 6.45) is 46.2. The van der Waals surface area contributed by atoms with Gasteiger partial charge < -0.3 is 33.8 Å². The first-order valence-corrected chi connectivity index (χ1v) is 40.7. The highest BCUT2D eigenvalue weighted by Gasteiger charge is 2.30. The zero-order valence-corrected chi connectivity index (χ0v) is 62.0. The molecule has 0 amide bonds. The van der Waals surface area contributed by atoms with Crippen LogP contribution in [-0.2, 0) is 65.4 Å². The molecule has 3 unspecified atom stereocenters. The summed E-state index contributed by atoms with van der Waals surface area (Å²) in [4.78, 5) is 72.5. The Kier molecular flexibility index (Phi) is 61.3. The fourth-order valence-corrected chi connectivity index (χ4v) is 12.6. The SMILES string of the molecule is CCC(C)CCCCCCCCCCC(=O)O[C@H](COC(=O)CCCCCCCCCCCCCCCCCCCCC(C)C)COP(=O)(O)OC[C@@H](O)COP(=O)(O)OC[C@@H](COC(=O)CCCCCCCCC(C)C)OC(=O)CCCCCCCCCC(C)C. The Bertz CT molecular complexity index is 1820. The van der Waals surface area contributed by atoms with Crippen molar-refractivity contribution in [1.29, 1.82) is 0 Å². The molecule has 0 aliphatic carbocycles. The second-order valence-electron chi connectivity index (χ2n) is 28.0. The minimum atomic E-state index is -4.95. The van der Waals surface area contributed by atoms with Gasteiger partial charge in [-0.3, -0.25) is 37.3 Å². The van der Waals surface area contributed by atoms with Crippen molar-refractivity contribution in [2.24, 2.45) is 23.7 Å². The van der Waals surface area contributed by atoms with Gasteiger partial charge in [-0.05, 0) is 49.4 Å². The maximum absolute atomic E-state index is 13.0. The lowest BCUT2D eigenvalue weighted by Gasteiger charge is -2.21. The molecule has 19 heteroatoms. The van der Waals surface area contributed by atoms with Gasteiger partial charge in [0.1, 0.15) is 19.3 Å². The molecule has 0 spiro atoms. The van der Waals surface area contributed by atoms with Crippen molar-refractivity contribution in [1.82, 2.24) is 0 Å². The lowest BCUT2D eigenvalue weighted by molar-refractivity contribution is -0.161. The summed E-state index contributed by atoms with van der Waals surface area (Å²) in [5.41, 5.74) is 0. The van der Waals surface area contributed by atoms with E-state index in [1.807, 2.05) is 0 Å². The van der Waals surface area contributed by atoms with E-state index in [1.165, 1.54) is 161 Å². The molecule has 0 aromatic rings. The third-order valence-electron chi connectivity index (χ3n) is 17.2. The van der Waals surface area contributed by atoms with Crippen LogP contribution in [0.3, 0.4) is 0 Å². The summed E-state index contributed by atoms with van der Waals surface area (Å²) in [7, 11) is -9.90. The van der Waals surface area contributed by atoms with Gasteiger partial charge in [0.05, 0.1) is 26.4 Å². The lowest BCUT2D eigenvalue weighted by Crippen LogP contribution is -2.30. The Balaban J connectivity index is 5.15. The number of phosphoric ester groups is 2. The van der Waals surface area contributed by atoms with Gasteiger partial charge in [-0.25, -0.2) is 9.13 Å². The highest BCUT2D eigenvalue weighted by Crippen LogP contribution is 2.45. The molecule has 0 bridgehead atoms. The average molecular weight is 1350 g/mol. The van der Waals surface area contributed by atoms with Gasteiger partial charge in [-0.1, -0.05) is 312 Å². The van der Waals surface area contributed by atoms with E-state index in [-0.39, 0.29) is 25.7 Å². The van der Waals surface area contributed by atoms with Crippen LogP contribution < -0.4 is 0 Å². The zero-order valence-electron chi connectivity index (χ0n) is 60.2. The number of unbranched alkanes of at least 4 members (excludes halogenated alkanes) is 35. The van der Waals surface area contributed by atoms with Gasteiger partial charge in [0.2, 0.25) is 0 Å². The molecule has 0 aromatic carbocycles. The standard InChI is InChI=1S/C73H142O17P2/c1-9-66(8)52-44-36-27-22-23-29-39-47-55-72(77)89-68(59-83-70(75)53-45-37-28-21-19-17-15-13-11-10-12-14-16-18-20-25-33-41-49-63(2)3)61-87-91(79,80)85-57-67(74)58-86-92(81,82)88-62-69(60-84-71(76)54-46-38-32-31-35-43-51-65(6)7)90-73(78)56-48-40-30-24-26-34-42-50-64(4)5/h63-69,74H,9-62H2,1-8H3,(H,79,80)(H,81,82)/t66?,67-,68-,69-/m1/s1. The molecule has 92 heavy (non-hydrogen) atoms. The van der Waals surface area contributed by atoms with Crippen LogP contribution in [0.2, 0.25) is 0 Å². The number of hydrogen-bond acceptors (Lipinski definition) is 15. The summed E-state index contributed by atoms with van der Waals surface area (Å²) in [5, 5.41) is 10.6. The molecule has 546 valence electrons. The fourth-order valence-electron chi connectivity index (χ4n) is 11.0. The number of esters is 4. The van der Waals surface area contributed by atoms with Crippen molar-refractivity contribution in [3.63, 3.8) is 0 Å². The molecule has 0 radical (unpaired) electrons. The topological polar surface area (TPSA) is 237 Å². The van der Waals surface area contributed by atoms with E-state index in [2.05, 4.69) is 55.4 Å². The van der Waals surface area contributed by atoms with Gasteiger partial charge in [-0.15, -0.1) is 0 Å². The van der Waals surface area contributed by atoms with Crippen LogP contribution >= 0.6 is 15.6 Å². The highest BCUT2D eigenvalue weighted by atomic mass is 31.2. The van der Waals surface area contributed by atoms with E-state index in [4.69, 9.17) is 37.0 Å². The minimum absolute atomic E-state index is 0.102. The smallest absolute Gasteiger partial charge is 0.462 e. The molecule has 6 atom stereocenters. The maximum atomic E-state index is 13.0. The largest absolute Gasteiger partial charge is 0.472 e. The van der Waals surface area contributed by atoms with Gasteiger partial charge in [-0.2, -0.15) is 0 Å². The first kappa shape index (κ1) is 90.1. The van der Waals surface area contributed by atoms with E-state index in [0.29, 0.717) is 37.5 Å². The zero-order chi connectivity index (χ0) is 68.2. The molecule has 0 fully saturated rings. The normalized spacial score (nSPS) is 14.5. The Labute approximate surface area is 562 Å². The van der Waals surface area contributed by atoms with Gasteiger partial charge in [0.25, 0.3) is 0 Å². The summed E-state index contributed by atoms with van der Waals surface area (Å²) in [6, 6.07) is 0. The van der Waals surface area contributed by atoms with Crippen LogP contribution in [0.25, 0.3) is 0 Å². The molecule has 0 saturated carbocycles. The molecule has 0 heterocycles. The maximum Gasteiger partial charge on any atom is 0.472 e. The van der Waals surface area contributed by atoms with Crippen LogP contribution in [0.1, 0.15) is 364 Å². The van der Waals surface area contributed by atoms with Crippen LogP contribution in [0.4, 0.5) is 0 Å². The number of carbonyl (C=O) groups excluding carboxylic acids is 4. The number of rotatable bonds is 70. The van der Waals surface area contributed by atoms with Gasteiger partial charge in [0.15, 0.2) is 12.2 Å². The van der Waals surface area contributed by atoms with E-state index < -0.39 is 97.5 Å². The Morgan fingerprint density at radius 2 is 0.522 bits per heavy atom. The number of carbonyl (C=O) groups is 4. The van der Waals surface area contributed by atoms with E-state index in [1.54, 1.807) is 0 Å². The number of phosphoric acid groups is 2. The number of aliphatic hydroxyl groups excluding tert-OH is 1. The quantitative estimate of drug-likeness (QED) is 0.0222. The van der Waals surface area contributed by atoms with Crippen molar-refractivity contribution in [3.8, 4) is 0 Å². The Hall–Kier alpha value is -1.94. The molecule has 0 rings (SSSR count). The minimum Gasteiger partial charge on any atom is -0.462 e. The highest BCUT2D eigenvalue weighted by molar-refractivity contribution is 7.47. The molecular formula is C73H142O17P2. The number of hydrogen-bond donors (Lipinski definition) is 3. The lowest BCUT2D eigenvalue weighted by atomic mass is 9.99. The van der Waals surface area contributed by atoms with Crippen LogP contribution in [0, 0.1) is 23.7 Å². The van der Waals surface area contributed by atoms with Gasteiger partial charge >= 0.3 is 39.5 Å². The first-order valence-electron chi connectivity index (χ1n) is 37.7. The Morgan fingerprint density at radius 1 is 0.304 bits per heavy atom. The predicted octanol–water partition coefficient (Wildman–Crippen LogP) is 20.9.